The fraction of sp³-hybridized carbons (Fsp3) is 0.150. The summed E-state index contributed by atoms with van der Waals surface area (Å²) in [6, 6.07) is 9.61. The summed E-state index contributed by atoms with van der Waals surface area (Å²) in [6.07, 6.45) is 5.90. The molecule has 0 saturated carbocycles. The fourth-order valence-electron chi connectivity index (χ4n) is 3.08. The topological polar surface area (TPSA) is 96.7 Å². The Morgan fingerprint density at radius 2 is 2.15 bits per heavy atom. The third-order valence-corrected chi connectivity index (χ3v) is 4.72. The van der Waals surface area contributed by atoms with Crippen LogP contribution in [-0.4, -0.2) is 33.9 Å². The van der Waals surface area contributed by atoms with Gasteiger partial charge in [0, 0.05) is 41.5 Å². The Labute approximate surface area is 160 Å². The van der Waals surface area contributed by atoms with Crippen molar-refractivity contribution in [1.82, 2.24) is 20.3 Å². The number of halogens is 1. The molecule has 3 heterocycles. The first kappa shape index (κ1) is 17.5. The summed E-state index contributed by atoms with van der Waals surface area (Å²) in [5, 5.41) is 5.25. The molecule has 27 heavy (non-hydrogen) atoms. The average Bonchev–Trinajstić information content (AvgIpc) is 3.11. The molecule has 7 heteroatoms. The number of hydrogen-bond acceptors (Lipinski definition) is 4. The fourth-order valence-corrected chi connectivity index (χ4v) is 3.35. The Balaban J connectivity index is 1.76. The van der Waals surface area contributed by atoms with Crippen molar-refractivity contribution in [3.8, 4) is 11.1 Å². The highest BCUT2D eigenvalue weighted by Gasteiger charge is 2.13. The lowest BCUT2D eigenvalue weighted by Crippen LogP contribution is -2.26. The van der Waals surface area contributed by atoms with Crippen LogP contribution in [-0.2, 0) is 0 Å². The number of carbonyl (C=O) groups excluding carboxylic acids is 1. The SMILES string of the molecule is NCCCNC(=O)c1cnc2[nH]cc(-c3cc(Cl)c4ncccc4c3)c2c1. The van der Waals surface area contributed by atoms with Gasteiger partial charge in [-0.2, -0.15) is 0 Å². The lowest BCUT2D eigenvalue weighted by atomic mass is 10.0. The maximum Gasteiger partial charge on any atom is 0.252 e. The van der Waals surface area contributed by atoms with E-state index < -0.39 is 0 Å². The second-order valence-corrected chi connectivity index (χ2v) is 6.66. The van der Waals surface area contributed by atoms with E-state index in [2.05, 4.69) is 20.3 Å². The molecule has 0 fully saturated rings. The van der Waals surface area contributed by atoms with Crippen molar-refractivity contribution in [3.63, 3.8) is 0 Å². The van der Waals surface area contributed by atoms with Crippen molar-refractivity contribution in [2.75, 3.05) is 13.1 Å². The summed E-state index contributed by atoms with van der Waals surface area (Å²) in [7, 11) is 0. The number of benzene rings is 1. The molecule has 4 N–H and O–H groups in total. The second kappa shape index (κ2) is 7.34. The van der Waals surface area contributed by atoms with Crippen molar-refractivity contribution < 1.29 is 4.79 Å². The first-order chi connectivity index (χ1) is 13.2. The normalized spacial score (nSPS) is 11.2. The van der Waals surface area contributed by atoms with Crippen LogP contribution in [0.4, 0.5) is 0 Å². The van der Waals surface area contributed by atoms with Crippen molar-refractivity contribution in [1.29, 1.82) is 0 Å². The summed E-state index contributed by atoms with van der Waals surface area (Å²) >= 11 is 6.42. The van der Waals surface area contributed by atoms with Crippen molar-refractivity contribution in [2.45, 2.75) is 6.42 Å². The van der Waals surface area contributed by atoms with Gasteiger partial charge in [-0.05, 0) is 42.8 Å². The highest BCUT2D eigenvalue weighted by atomic mass is 35.5. The first-order valence-electron chi connectivity index (χ1n) is 8.67. The molecule has 0 aliphatic carbocycles. The van der Waals surface area contributed by atoms with Gasteiger partial charge in [0.2, 0.25) is 0 Å². The highest BCUT2D eigenvalue weighted by Crippen LogP contribution is 2.33. The molecule has 0 unspecified atom stereocenters. The number of nitrogens with one attached hydrogen (secondary N) is 2. The van der Waals surface area contributed by atoms with Crippen LogP contribution < -0.4 is 11.1 Å². The van der Waals surface area contributed by atoms with Gasteiger partial charge >= 0.3 is 0 Å². The zero-order chi connectivity index (χ0) is 18.8. The van der Waals surface area contributed by atoms with Crippen LogP contribution in [0, 0.1) is 0 Å². The van der Waals surface area contributed by atoms with E-state index in [-0.39, 0.29) is 5.91 Å². The first-order valence-corrected chi connectivity index (χ1v) is 9.05. The van der Waals surface area contributed by atoms with E-state index in [9.17, 15) is 4.79 Å². The van der Waals surface area contributed by atoms with Crippen LogP contribution in [0.3, 0.4) is 0 Å². The Bertz CT molecular complexity index is 1140. The van der Waals surface area contributed by atoms with E-state index in [0.717, 1.165) is 33.8 Å². The zero-order valence-corrected chi connectivity index (χ0v) is 15.3. The minimum atomic E-state index is -0.161. The van der Waals surface area contributed by atoms with E-state index in [1.807, 2.05) is 36.5 Å². The Kier molecular flexibility index (Phi) is 4.75. The van der Waals surface area contributed by atoms with E-state index >= 15 is 0 Å². The Morgan fingerprint density at radius 1 is 1.26 bits per heavy atom. The largest absolute Gasteiger partial charge is 0.352 e. The number of aromatic amines is 1. The number of aromatic nitrogens is 3. The highest BCUT2D eigenvalue weighted by molar-refractivity contribution is 6.35. The number of rotatable bonds is 5. The van der Waals surface area contributed by atoms with Crippen molar-refractivity contribution in [3.05, 3.63) is 59.5 Å². The van der Waals surface area contributed by atoms with E-state index in [1.54, 1.807) is 12.4 Å². The van der Waals surface area contributed by atoms with Gasteiger partial charge in [0.25, 0.3) is 5.91 Å². The molecule has 136 valence electrons. The third-order valence-electron chi connectivity index (χ3n) is 4.43. The number of carbonyl (C=O) groups is 1. The molecule has 0 saturated heterocycles. The van der Waals surface area contributed by atoms with Crippen LogP contribution in [0.5, 0.6) is 0 Å². The van der Waals surface area contributed by atoms with Gasteiger partial charge in [0.15, 0.2) is 0 Å². The molecule has 4 rings (SSSR count). The molecule has 0 spiro atoms. The molecule has 4 aromatic rings. The minimum absolute atomic E-state index is 0.161. The molecule has 1 aromatic carbocycles. The van der Waals surface area contributed by atoms with Gasteiger partial charge in [0.1, 0.15) is 5.65 Å². The quantitative estimate of drug-likeness (QED) is 0.462. The van der Waals surface area contributed by atoms with Crippen LogP contribution in [0.25, 0.3) is 33.1 Å². The van der Waals surface area contributed by atoms with Gasteiger partial charge in [-0.25, -0.2) is 4.98 Å². The van der Waals surface area contributed by atoms with E-state index in [0.29, 0.717) is 29.3 Å². The van der Waals surface area contributed by atoms with Gasteiger partial charge in [-0.15, -0.1) is 0 Å². The average molecular weight is 380 g/mol. The van der Waals surface area contributed by atoms with Gasteiger partial charge in [-0.3, -0.25) is 9.78 Å². The third kappa shape index (κ3) is 3.37. The summed E-state index contributed by atoms with van der Waals surface area (Å²) < 4.78 is 0. The Morgan fingerprint density at radius 3 is 3.00 bits per heavy atom. The van der Waals surface area contributed by atoms with Crippen molar-refractivity contribution >= 4 is 39.4 Å². The molecule has 0 atom stereocenters. The molecule has 0 radical (unpaired) electrons. The van der Waals surface area contributed by atoms with E-state index in [1.165, 1.54) is 0 Å². The van der Waals surface area contributed by atoms with Crippen molar-refractivity contribution in [2.24, 2.45) is 5.73 Å². The molecule has 1 amide bonds. The number of H-pyrrole nitrogens is 1. The zero-order valence-electron chi connectivity index (χ0n) is 14.5. The summed E-state index contributed by atoms with van der Waals surface area (Å²) in [4.78, 5) is 24.2. The van der Waals surface area contributed by atoms with Gasteiger partial charge in [-0.1, -0.05) is 17.7 Å². The molecule has 0 aliphatic rings. The van der Waals surface area contributed by atoms with Gasteiger partial charge in [0.05, 0.1) is 16.1 Å². The number of pyridine rings is 2. The lowest BCUT2D eigenvalue weighted by molar-refractivity contribution is 0.0953. The Hall–Kier alpha value is -2.96. The molecular formula is C20H18ClN5O. The minimum Gasteiger partial charge on any atom is -0.352 e. The van der Waals surface area contributed by atoms with Crippen LogP contribution in [0.2, 0.25) is 5.02 Å². The summed E-state index contributed by atoms with van der Waals surface area (Å²) in [5.74, 6) is -0.161. The standard InChI is InChI=1S/C20H18ClN5O/c21-17-9-13(7-12-3-1-5-23-18(12)17)16-11-26-19-15(16)8-14(10-25-19)20(27)24-6-2-4-22/h1,3,5,7-11H,2,4,6,22H2,(H,24,27)(H,25,26). The number of amides is 1. The smallest absolute Gasteiger partial charge is 0.252 e. The molecule has 0 bridgehead atoms. The van der Waals surface area contributed by atoms with Crippen LogP contribution >= 0.6 is 11.6 Å². The number of fused-ring (bicyclic) bond motifs is 2. The van der Waals surface area contributed by atoms with Crippen LogP contribution in [0.1, 0.15) is 16.8 Å². The number of nitrogens with zero attached hydrogens (tertiary/aromatic N) is 2. The summed E-state index contributed by atoms with van der Waals surface area (Å²) in [5.41, 5.74) is 9.32. The number of hydrogen-bond donors (Lipinski definition) is 3. The maximum absolute atomic E-state index is 12.3. The molecule has 3 aromatic heterocycles. The lowest BCUT2D eigenvalue weighted by Gasteiger charge is -2.06. The predicted molar refractivity (Wildman–Crippen MR) is 108 cm³/mol. The predicted octanol–water partition coefficient (Wildman–Crippen LogP) is 3.51. The van der Waals surface area contributed by atoms with Gasteiger partial charge < -0.3 is 16.0 Å². The second-order valence-electron chi connectivity index (χ2n) is 6.25. The van der Waals surface area contributed by atoms with Crippen LogP contribution in [0.15, 0.2) is 48.9 Å². The molecule has 0 aliphatic heterocycles. The number of nitrogens with two attached hydrogens (primary N) is 1. The molecular weight excluding hydrogens is 362 g/mol. The maximum atomic E-state index is 12.3. The van der Waals surface area contributed by atoms with E-state index in [4.69, 9.17) is 17.3 Å². The molecule has 6 nitrogen and oxygen atoms in total. The monoisotopic (exact) mass is 379 g/mol. The summed E-state index contributed by atoms with van der Waals surface area (Å²) in [6.45, 7) is 1.08.